The lowest BCUT2D eigenvalue weighted by Gasteiger charge is -2.37. The average Bonchev–Trinajstić information content (AvgIpc) is 2.45. The van der Waals surface area contributed by atoms with Crippen LogP contribution in [0.5, 0.6) is 0 Å². The van der Waals surface area contributed by atoms with E-state index in [0.29, 0.717) is 19.6 Å². The first kappa shape index (κ1) is 15.0. The van der Waals surface area contributed by atoms with Gasteiger partial charge in [-0.25, -0.2) is 0 Å². The van der Waals surface area contributed by atoms with Crippen LogP contribution in [0.3, 0.4) is 0 Å². The normalized spacial score (nSPS) is 17.0. The number of carbonyl (C=O) groups excluding carboxylic acids is 1. The van der Waals surface area contributed by atoms with Crippen molar-refractivity contribution < 1.29 is 15.0 Å². The fourth-order valence-electron chi connectivity index (χ4n) is 2.41. The molecule has 0 atom stereocenters. The Morgan fingerprint density at radius 2 is 1.80 bits per heavy atom. The molecule has 0 aromatic heterocycles. The summed E-state index contributed by atoms with van der Waals surface area (Å²) in [5.74, 6) is 0.0451. The second kappa shape index (κ2) is 6.83. The molecule has 110 valence electrons. The fraction of sp³-hybridized carbons (Fsp3) is 0.533. The summed E-state index contributed by atoms with van der Waals surface area (Å²) in [6.45, 7) is 3.99. The maximum Gasteiger partial charge on any atom is 0.237 e. The highest BCUT2D eigenvalue weighted by molar-refractivity contribution is 5.79. The molecule has 1 fully saturated rings. The van der Waals surface area contributed by atoms with E-state index in [-0.39, 0.29) is 31.7 Å². The van der Waals surface area contributed by atoms with Gasteiger partial charge in [-0.15, -0.1) is 0 Å². The van der Waals surface area contributed by atoms with Gasteiger partial charge < -0.3 is 15.1 Å². The predicted molar refractivity (Wildman–Crippen MR) is 76.1 cm³/mol. The van der Waals surface area contributed by atoms with Crippen LogP contribution in [0.1, 0.15) is 11.1 Å². The quantitative estimate of drug-likeness (QED) is 0.795. The fourth-order valence-corrected chi connectivity index (χ4v) is 2.41. The first-order valence-corrected chi connectivity index (χ1v) is 6.93. The van der Waals surface area contributed by atoms with Crippen LogP contribution in [0, 0.1) is 6.92 Å². The molecular formula is C15H22N2O3. The summed E-state index contributed by atoms with van der Waals surface area (Å²) >= 11 is 0. The van der Waals surface area contributed by atoms with Crippen molar-refractivity contribution in [2.45, 2.75) is 19.5 Å². The Labute approximate surface area is 119 Å². The van der Waals surface area contributed by atoms with Crippen molar-refractivity contribution in [2.75, 3.05) is 32.8 Å². The zero-order valence-corrected chi connectivity index (χ0v) is 11.8. The van der Waals surface area contributed by atoms with Gasteiger partial charge in [0.25, 0.3) is 0 Å². The maximum absolute atomic E-state index is 12.1. The first-order chi connectivity index (χ1) is 9.63. The van der Waals surface area contributed by atoms with E-state index in [2.05, 4.69) is 0 Å². The SMILES string of the molecule is Cc1ccc(CN2CCN(C(CO)CO)CC2=O)cc1. The van der Waals surface area contributed by atoms with E-state index in [1.165, 1.54) is 5.56 Å². The van der Waals surface area contributed by atoms with Gasteiger partial charge in [-0.3, -0.25) is 9.69 Å². The smallest absolute Gasteiger partial charge is 0.237 e. The zero-order chi connectivity index (χ0) is 14.5. The molecule has 20 heavy (non-hydrogen) atoms. The van der Waals surface area contributed by atoms with Gasteiger partial charge in [0, 0.05) is 19.6 Å². The molecule has 5 heteroatoms. The Balaban J connectivity index is 1.93. The molecule has 1 heterocycles. The van der Waals surface area contributed by atoms with Gasteiger partial charge in [0.2, 0.25) is 5.91 Å². The van der Waals surface area contributed by atoms with Gasteiger partial charge in [-0.1, -0.05) is 29.8 Å². The minimum Gasteiger partial charge on any atom is -0.395 e. The summed E-state index contributed by atoms with van der Waals surface area (Å²) in [5, 5.41) is 18.3. The Hall–Kier alpha value is -1.43. The highest BCUT2D eigenvalue weighted by Crippen LogP contribution is 2.12. The second-order valence-electron chi connectivity index (χ2n) is 5.29. The van der Waals surface area contributed by atoms with Crippen LogP contribution in [0.15, 0.2) is 24.3 Å². The molecule has 0 aliphatic carbocycles. The van der Waals surface area contributed by atoms with Crippen LogP contribution in [-0.2, 0) is 11.3 Å². The molecule has 2 N–H and O–H groups in total. The minimum absolute atomic E-state index is 0.0451. The molecule has 1 saturated heterocycles. The van der Waals surface area contributed by atoms with E-state index in [9.17, 15) is 4.79 Å². The van der Waals surface area contributed by atoms with Crippen molar-refractivity contribution in [3.05, 3.63) is 35.4 Å². The third kappa shape index (κ3) is 3.56. The largest absolute Gasteiger partial charge is 0.395 e. The number of carbonyl (C=O) groups is 1. The molecule has 5 nitrogen and oxygen atoms in total. The van der Waals surface area contributed by atoms with Gasteiger partial charge in [0.15, 0.2) is 0 Å². The summed E-state index contributed by atoms with van der Waals surface area (Å²) in [6.07, 6.45) is 0. The number of aliphatic hydroxyl groups is 2. The zero-order valence-electron chi connectivity index (χ0n) is 11.8. The lowest BCUT2D eigenvalue weighted by molar-refractivity contribution is -0.138. The average molecular weight is 278 g/mol. The number of piperazine rings is 1. The van der Waals surface area contributed by atoms with E-state index in [0.717, 1.165) is 5.56 Å². The van der Waals surface area contributed by atoms with Crippen LogP contribution in [0.2, 0.25) is 0 Å². The first-order valence-electron chi connectivity index (χ1n) is 6.93. The van der Waals surface area contributed by atoms with Crippen LogP contribution >= 0.6 is 0 Å². The van der Waals surface area contributed by atoms with Crippen molar-refractivity contribution in [1.82, 2.24) is 9.80 Å². The number of nitrogens with zero attached hydrogens (tertiary/aromatic N) is 2. The number of aliphatic hydroxyl groups excluding tert-OH is 2. The van der Waals surface area contributed by atoms with Gasteiger partial charge in [0.05, 0.1) is 25.8 Å². The summed E-state index contributed by atoms with van der Waals surface area (Å²) in [7, 11) is 0. The molecule has 1 aromatic carbocycles. The highest BCUT2D eigenvalue weighted by atomic mass is 16.3. The summed E-state index contributed by atoms with van der Waals surface area (Å²) in [4.78, 5) is 15.8. The van der Waals surface area contributed by atoms with Gasteiger partial charge in [0.1, 0.15) is 0 Å². The Kier molecular flexibility index (Phi) is 5.11. The summed E-state index contributed by atoms with van der Waals surface area (Å²) in [5.41, 5.74) is 2.33. The summed E-state index contributed by atoms with van der Waals surface area (Å²) < 4.78 is 0. The molecule has 0 unspecified atom stereocenters. The van der Waals surface area contributed by atoms with Crippen molar-refractivity contribution in [1.29, 1.82) is 0 Å². The van der Waals surface area contributed by atoms with Gasteiger partial charge in [-0.2, -0.15) is 0 Å². The van der Waals surface area contributed by atoms with Crippen LogP contribution < -0.4 is 0 Å². The van der Waals surface area contributed by atoms with E-state index >= 15 is 0 Å². The predicted octanol–water partition coefficient (Wildman–Crippen LogP) is -0.00758. The molecule has 1 amide bonds. The van der Waals surface area contributed by atoms with Crippen LogP contribution in [0.25, 0.3) is 0 Å². The molecule has 0 spiro atoms. The van der Waals surface area contributed by atoms with Gasteiger partial charge in [-0.05, 0) is 12.5 Å². The van der Waals surface area contributed by atoms with Crippen LogP contribution in [-0.4, -0.2) is 64.8 Å². The van der Waals surface area contributed by atoms with Crippen LogP contribution in [0.4, 0.5) is 0 Å². The maximum atomic E-state index is 12.1. The van der Waals surface area contributed by atoms with E-state index in [4.69, 9.17) is 10.2 Å². The number of amides is 1. The van der Waals surface area contributed by atoms with Crippen molar-refractivity contribution in [3.63, 3.8) is 0 Å². The minimum atomic E-state index is -0.333. The topological polar surface area (TPSA) is 64.0 Å². The molecule has 0 radical (unpaired) electrons. The molecule has 1 aromatic rings. The Bertz CT molecular complexity index is 443. The lowest BCUT2D eigenvalue weighted by atomic mass is 10.1. The summed E-state index contributed by atoms with van der Waals surface area (Å²) in [6, 6.07) is 7.84. The third-order valence-corrected chi connectivity index (χ3v) is 3.78. The molecule has 2 rings (SSSR count). The second-order valence-corrected chi connectivity index (χ2v) is 5.29. The molecule has 0 bridgehead atoms. The molecule has 1 aliphatic heterocycles. The number of aryl methyl sites for hydroxylation is 1. The Morgan fingerprint density at radius 3 is 2.35 bits per heavy atom. The Morgan fingerprint density at radius 1 is 1.15 bits per heavy atom. The number of rotatable bonds is 5. The highest BCUT2D eigenvalue weighted by Gasteiger charge is 2.28. The number of benzene rings is 1. The van der Waals surface area contributed by atoms with E-state index in [1.54, 1.807) is 0 Å². The van der Waals surface area contributed by atoms with E-state index in [1.807, 2.05) is 41.0 Å². The van der Waals surface area contributed by atoms with Crippen molar-refractivity contribution >= 4 is 5.91 Å². The van der Waals surface area contributed by atoms with Gasteiger partial charge >= 0.3 is 0 Å². The standard InChI is InChI=1S/C15H22N2O3/c1-12-2-4-13(5-3-12)8-17-7-6-16(9-15(17)20)14(10-18)11-19/h2-5,14,18-19H,6-11H2,1H3. The molecule has 1 aliphatic rings. The number of hydrogen-bond acceptors (Lipinski definition) is 4. The lowest BCUT2D eigenvalue weighted by Crippen LogP contribution is -2.55. The van der Waals surface area contributed by atoms with E-state index < -0.39 is 0 Å². The molecule has 0 saturated carbocycles. The van der Waals surface area contributed by atoms with Crippen molar-refractivity contribution in [2.24, 2.45) is 0 Å². The van der Waals surface area contributed by atoms with Crippen molar-refractivity contribution in [3.8, 4) is 0 Å². The molecular weight excluding hydrogens is 256 g/mol. The monoisotopic (exact) mass is 278 g/mol. The number of hydrogen-bond donors (Lipinski definition) is 2. The third-order valence-electron chi connectivity index (χ3n) is 3.78.